The van der Waals surface area contributed by atoms with Gasteiger partial charge in [0, 0.05) is 6.07 Å². The van der Waals surface area contributed by atoms with Crippen LogP contribution in [0.15, 0.2) is 71.3 Å². The van der Waals surface area contributed by atoms with Crippen molar-refractivity contribution >= 4 is 23.2 Å². The van der Waals surface area contributed by atoms with Crippen LogP contribution in [-0.4, -0.2) is 22.8 Å². The summed E-state index contributed by atoms with van der Waals surface area (Å²) in [6, 6.07) is 15.7. The van der Waals surface area contributed by atoms with Gasteiger partial charge in [-0.3, -0.25) is 19.7 Å². The van der Waals surface area contributed by atoms with Gasteiger partial charge in [0.2, 0.25) is 0 Å². The van der Waals surface area contributed by atoms with E-state index < -0.39 is 22.8 Å². The molecule has 1 unspecified atom stereocenters. The normalized spacial score (nSPS) is 11.4. The van der Waals surface area contributed by atoms with Crippen molar-refractivity contribution < 1.29 is 23.7 Å². The second-order valence-electron chi connectivity index (χ2n) is 6.28. The molecule has 0 aliphatic heterocycles. The van der Waals surface area contributed by atoms with Gasteiger partial charge >= 0.3 is 5.69 Å². The number of carbonyl (C=O) groups is 2. The molecule has 1 atom stereocenters. The number of hydrogen-bond donors (Lipinski definition) is 2. The smallest absolute Gasteiger partial charge is 0.310 e. The Hall–Kier alpha value is -4.14. The number of amides is 2. The molecule has 2 amide bonds. The molecule has 0 saturated carbocycles. The summed E-state index contributed by atoms with van der Waals surface area (Å²) >= 11 is 0. The lowest BCUT2D eigenvalue weighted by molar-refractivity contribution is -0.386. The standard InChI is InChI=1S/C21H19N3O6/c1-14(30-19-11-5-4-10-18(19)24(27)28)20(25)23-17-9-3-2-8-16(17)21(26)22-13-15-7-6-12-29-15/h2-12,14H,13H2,1H3,(H,22,26)(H,23,25). The number of furan rings is 1. The molecule has 2 N–H and O–H groups in total. The number of benzene rings is 2. The van der Waals surface area contributed by atoms with Crippen LogP contribution >= 0.6 is 0 Å². The Kier molecular flexibility index (Phi) is 6.43. The monoisotopic (exact) mass is 409 g/mol. The average molecular weight is 409 g/mol. The third-order valence-electron chi connectivity index (χ3n) is 4.17. The summed E-state index contributed by atoms with van der Waals surface area (Å²) in [5, 5.41) is 16.5. The highest BCUT2D eigenvalue weighted by Gasteiger charge is 2.22. The molecule has 9 heteroatoms. The minimum absolute atomic E-state index is 0.0189. The highest BCUT2D eigenvalue weighted by Crippen LogP contribution is 2.27. The summed E-state index contributed by atoms with van der Waals surface area (Å²) in [6.07, 6.45) is 0.471. The van der Waals surface area contributed by atoms with Gasteiger partial charge in [0.1, 0.15) is 5.76 Å². The van der Waals surface area contributed by atoms with Gasteiger partial charge in [0.15, 0.2) is 11.9 Å². The van der Waals surface area contributed by atoms with Crippen LogP contribution in [0.2, 0.25) is 0 Å². The number of nitrogens with zero attached hydrogens (tertiary/aromatic N) is 1. The maximum Gasteiger partial charge on any atom is 0.310 e. The summed E-state index contributed by atoms with van der Waals surface area (Å²) < 4.78 is 10.7. The predicted octanol–water partition coefficient (Wildman–Crippen LogP) is 3.52. The number of hydrogen-bond acceptors (Lipinski definition) is 6. The fraction of sp³-hybridized carbons (Fsp3) is 0.143. The summed E-state index contributed by atoms with van der Waals surface area (Å²) in [5.74, 6) is -0.375. The first kappa shape index (κ1) is 20.6. The van der Waals surface area contributed by atoms with Gasteiger partial charge in [-0.2, -0.15) is 0 Å². The molecular weight excluding hydrogens is 390 g/mol. The second-order valence-corrected chi connectivity index (χ2v) is 6.28. The Labute approximate surface area is 171 Å². The molecule has 0 aliphatic rings. The SMILES string of the molecule is CC(Oc1ccccc1[N+](=O)[O-])C(=O)Nc1ccccc1C(=O)NCc1ccco1. The number of nitro benzene ring substituents is 1. The van der Waals surface area contributed by atoms with Crippen LogP contribution in [0.1, 0.15) is 23.0 Å². The number of rotatable bonds is 8. The predicted molar refractivity (Wildman–Crippen MR) is 108 cm³/mol. The average Bonchev–Trinajstić information content (AvgIpc) is 3.26. The number of carbonyl (C=O) groups excluding carboxylic acids is 2. The molecule has 0 saturated heterocycles. The first-order valence-electron chi connectivity index (χ1n) is 9.06. The molecule has 0 radical (unpaired) electrons. The topological polar surface area (TPSA) is 124 Å². The Balaban J connectivity index is 1.68. The van der Waals surface area contributed by atoms with E-state index in [-0.39, 0.29) is 29.2 Å². The van der Waals surface area contributed by atoms with E-state index in [1.165, 1.54) is 31.4 Å². The fourth-order valence-electron chi connectivity index (χ4n) is 2.65. The molecule has 0 fully saturated rings. The lowest BCUT2D eigenvalue weighted by Gasteiger charge is -2.16. The minimum Gasteiger partial charge on any atom is -0.474 e. The van der Waals surface area contributed by atoms with E-state index in [9.17, 15) is 19.7 Å². The number of para-hydroxylation sites is 3. The maximum atomic E-state index is 12.6. The van der Waals surface area contributed by atoms with Gasteiger partial charge in [-0.25, -0.2) is 0 Å². The first-order chi connectivity index (χ1) is 14.5. The number of nitrogens with one attached hydrogen (secondary N) is 2. The number of anilines is 1. The molecule has 2 aromatic carbocycles. The summed E-state index contributed by atoms with van der Waals surface area (Å²) in [7, 11) is 0. The molecule has 0 spiro atoms. The van der Waals surface area contributed by atoms with E-state index in [0.29, 0.717) is 5.76 Å². The molecule has 30 heavy (non-hydrogen) atoms. The first-order valence-corrected chi connectivity index (χ1v) is 9.06. The third kappa shape index (κ3) is 5.02. The van der Waals surface area contributed by atoms with Crippen LogP contribution in [0.4, 0.5) is 11.4 Å². The Bertz CT molecular complexity index is 1050. The van der Waals surface area contributed by atoms with E-state index in [1.54, 1.807) is 42.5 Å². The highest BCUT2D eigenvalue weighted by atomic mass is 16.6. The molecule has 3 aromatic rings. The Morgan fingerprint density at radius 2 is 1.83 bits per heavy atom. The largest absolute Gasteiger partial charge is 0.474 e. The maximum absolute atomic E-state index is 12.6. The van der Waals surface area contributed by atoms with Gasteiger partial charge in [0.25, 0.3) is 11.8 Å². The molecule has 9 nitrogen and oxygen atoms in total. The van der Waals surface area contributed by atoms with Crippen molar-refractivity contribution in [3.8, 4) is 5.75 Å². The zero-order valence-corrected chi connectivity index (χ0v) is 16.0. The molecule has 1 heterocycles. The van der Waals surface area contributed by atoms with Crippen LogP contribution in [0.3, 0.4) is 0 Å². The highest BCUT2D eigenvalue weighted by molar-refractivity contribution is 6.04. The zero-order valence-electron chi connectivity index (χ0n) is 16.0. The minimum atomic E-state index is -1.04. The van der Waals surface area contributed by atoms with Crippen LogP contribution in [0.25, 0.3) is 0 Å². The number of nitro groups is 1. The number of ether oxygens (including phenoxy) is 1. The van der Waals surface area contributed by atoms with Crippen molar-refractivity contribution in [1.29, 1.82) is 0 Å². The molecule has 1 aromatic heterocycles. The zero-order chi connectivity index (χ0) is 21.5. The van der Waals surface area contributed by atoms with Crippen molar-refractivity contribution in [3.05, 3.63) is 88.4 Å². The van der Waals surface area contributed by atoms with Gasteiger partial charge in [-0.15, -0.1) is 0 Å². The van der Waals surface area contributed by atoms with E-state index in [1.807, 2.05) is 0 Å². The van der Waals surface area contributed by atoms with Crippen LogP contribution in [-0.2, 0) is 11.3 Å². The van der Waals surface area contributed by atoms with Crippen LogP contribution in [0, 0.1) is 10.1 Å². The summed E-state index contributed by atoms with van der Waals surface area (Å²) in [4.78, 5) is 35.6. The van der Waals surface area contributed by atoms with Gasteiger partial charge in [-0.05, 0) is 37.3 Å². The van der Waals surface area contributed by atoms with Crippen LogP contribution in [0.5, 0.6) is 5.75 Å². The van der Waals surface area contributed by atoms with Gasteiger partial charge in [-0.1, -0.05) is 24.3 Å². The Morgan fingerprint density at radius 3 is 2.57 bits per heavy atom. The van der Waals surface area contributed by atoms with Crippen molar-refractivity contribution in [2.45, 2.75) is 19.6 Å². The summed E-state index contributed by atoms with van der Waals surface area (Å²) in [5.41, 5.74) is 0.308. The molecule has 0 bridgehead atoms. The van der Waals surface area contributed by atoms with E-state index in [0.717, 1.165) is 0 Å². The van der Waals surface area contributed by atoms with Crippen LogP contribution < -0.4 is 15.4 Å². The second kappa shape index (κ2) is 9.37. The lowest BCUT2D eigenvalue weighted by Crippen LogP contribution is -2.31. The van der Waals surface area contributed by atoms with E-state index in [2.05, 4.69) is 10.6 Å². The third-order valence-corrected chi connectivity index (χ3v) is 4.17. The molecule has 154 valence electrons. The van der Waals surface area contributed by atoms with Crippen molar-refractivity contribution in [1.82, 2.24) is 5.32 Å². The van der Waals surface area contributed by atoms with Crippen molar-refractivity contribution in [3.63, 3.8) is 0 Å². The molecule has 0 aliphatic carbocycles. The summed E-state index contributed by atoms with van der Waals surface area (Å²) in [6.45, 7) is 1.66. The van der Waals surface area contributed by atoms with Crippen molar-refractivity contribution in [2.24, 2.45) is 0 Å². The molecular formula is C21H19N3O6. The van der Waals surface area contributed by atoms with E-state index >= 15 is 0 Å². The molecule has 3 rings (SSSR count). The lowest BCUT2D eigenvalue weighted by atomic mass is 10.1. The van der Waals surface area contributed by atoms with E-state index in [4.69, 9.17) is 9.15 Å². The fourth-order valence-corrected chi connectivity index (χ4v) is 2.65. The van der Waals surface area contributed by atoms with Gasteiger partial charge < -0.3 is 19.8 Å². The quantitative estimate of drug-likeness (QED) is 0.433. The Morgan fingerprint density at radius 1 is 1.10 bits per heavy atom. The van der Waals surface area contributed by atoms with Crippen molar-refractivity contribution in [2.75, 3.05) is 5.32 Å². The van der Waals surface area contributed by atoms with Gasteiger partial charge in [0.05, 0.1) is 29.0 Å².